The molecule has 6 heteroatoms. The van der Waals surface area contributed by atoms with Crippen LogP contribution in [0.5, 0.6) is 0 Å². The van der Waals surface area contributed by atoms with E-state index < -0.39 is 0 Å². The van der Waals surface area contributed by atoms with E-state index in [0.717, 1.165) is 19.7 Å². The minimum absolute atomic E-state index is 0.103. The molecule has 6 nitrogen and oxygen atoms in total. The average molecular weight is 279 g/mol. The summed E-state index contributed by atoms with van der Waals surface area (Å²) in [5.41, 5.74) is 0.457. The number of pyridine rings is 1. The Labute approximate surface area is 119 Å². The topological polar surface area (TPSA) is 63.7 Å². The maximum atomic E-state index is 11.8. The maximum absolute atomic E-state index is 11.8. The van der Waals surface area contributed by atoms with E-state index in [2.05, 4.69) is 22.2 Å². The highest BCUT2D eigenvalue weighted by molar-refractivity contribution is 5.94. The number of rotatable bonds is 5. The van der Waals surface area contributed by atoms with Gasteiger partial charge in [-0.1, -0.05) is 0 Å². The van der Waals surface area contributed by atoms with E-state index in [0.29, 0.717) is 24.5 Å². The lowest BCUT2D eigenvalue weighted by Crippen LogP contribution is -2.43. The van der Waals surface area contributed by atoms with Crippen LogP contribution in [0.15, 0.2) is 18.3 Å². The number of nitrogens with one attached hydrogen (secondary N) is 1. The number of hydrogen-bond donors (Lipinski definition) is 1. The van der Waals surface area contributed by atoms with E-state index in [1.807, 2.05) is 0 Å². The van der Waals surface area contributed by atoms with Gasteiger partial charge >= 0.3 is 5.97 Å². The number of esters is 1. The van der Waals surface area contributed by atoms with Crippen molar-refractivity contribution >= 4 is 11.8 Å². The van der Waals surface area contributed by atoms with E-state index >= 15 is 0 Å². The second-order valence-corrected chi connectivity index (χ2v) is 4.76. The summed E-state index contributed by atoms with van der Waals surface area (Å²) < 4.78 is 10.7. The number of morpholine rings is 1. The second-order valence-electron chi connectivity index (χ2n) is 4.76. The van der Waals surface area contributed by atoms with Gasteiger partial charge in [-0.3, -0.25) is 0 Å². The zero-order chi connectivity index (χ0) is 14.4. The van der Waals surface area contributed by atoms with Crippen molar-refractivity contribution in [2.45, 2.75) is 13.0 Å². The van der Waals surface area contributed by atoms with Crippen LogP contribution in [0.2, 0.25) is 0 Å². The number of anilines is 1. The molecule has 1 aliphatic heterocycles. The van der Waals surface area contributed by atoms with Gasteiger partial charge in [-0.25, -0.2) is 9.78 Å². The lowest BCUT2D eigenvalue weighted by Gasteiger charge is -2.30. The molecule has 0 bridgehead atoms. The molecule has 1 fully saturated rings. The summed E-state index contributed by atoms with van der Waals surface area (Å²) in [5.74, 6) is 0.188. The first-order valence-electron chi connectivity index (χ1n) is 6.87. The molecule has 1 aliphatic rings. The highest BCUT2D eigenvalue weighted by atomic mass is 16.5. The van der Waals surface area contributed by atoms with E-state index in [-0.39, 0.29) is 12.1 Å². The first-order chi connectivity index (χ1) is 9.70. The summed E-state index contributed by atoms with van der Waals surface area (Å²) in [6, 6.07) is 3.43. The van der Waals surface area contributed by atoms with Crippen LogP contribution in [-0.2, 0) is 9.47 Å². The standard InChI is InChI=1S/C14H21N3O3/c1-3-19-14(18)12-5-4-6-15-13(12)16-9-11-10-17(2)7-8-20-11/h4-6,11H,3,7-10H2,1-2H3,(H,15,16). The van der Waals surface area contributed by atoms with Gasteiger partial charge in [-0.2, -0.15) is 0 Å². The number of nitrogens with zero attached hydrogens (tertiary/aromatic N) is 2. The van der Waals surface area contributed by atoms with Gasteiger partial charge in [0.15, 0.2) is 0 Å². The maximum Gasteiger partial charge on any atom is 0.341 e. The van der Waals surface area contributed by atoms with Crippen LogP contribution in [0.1, 0.15) is 17.3 Å². The zero-order valence-electron chi connectivity index (χ0n) is 12.0. The Kier molecular flexibility index (Phi) is 5.31. The fraction of sp³-hybridized carbons (Fsp3) is 0.571. The number of ether oxygens (including phenoxy) is 2. The Morgan fingerprint density at radius 2 is 2.50 bits per heavy atom. The van der Waals surface area contributed by atoms with Gasteiger partial charge < -0.3 is 19.7 Å². The van der Waals surface area contributed by atoms with Crippen molar-refractivity contribution in [3.05, 3.63) is 23.9 Å². The van der Waals surface area contributed by atoms with Crippen molar-refractivity contribution in [3.8, 4) is 0 Å². The second kappa shape index (κ2) is 7.21. The van der Waals surface area contributed by atoms with Crippen LogP contribution in [0.25, 0.3) is 0 Å². The number of hydrogen-bond acceptors (Lipinski definition) is 6. The molecule has 1 aromatic rings. The van der Waals surface area contributed by atoms with Crippen LogP contribution in [0, 0.1) is 0 Å². The van der Waals surface area contributed by atoms with Crippen LogP contribution < -0.4 is 5.32 Å². The largest absolute Gasteiger partial charge is 0.462 e. The Bertz CT molecular complexity index is 453. The molecule has 110 valence electrons. The molecule has 0 amide bonds. The Morgan fingerprint density at radius 3 is 3.25 bits per heavy atom. The van der Waals surface area contributed by atoms with Crippen molar-refractivity contribution in [2.24, 2.45) is 0 Å². The van der Waals surface area contributed by atoms with Crippen LogP contribution in [-0.4, -0.2) is 61.9 Å². The van der Waals surface area contributed by atoms with Crippen molar-refractivity contribution in [1.82, 2.24) is 9.88 Å². The van der Waals surface area contributed by atoms with Crippen LogP contribution >= 0.6 is 0 Å². The van der Waals surface area contributed by atoms with E-state index in [1.54, 1.807) is 25.3 Å². The molecule has 1 unspecified atom stereocenters. The van der Waals surface area contributed by atoms with Gasteiger partial charge in [0.1, 0.15) is 11.4 Å². The highest BCUT2D eigenvalue weighted by Gasteiger charge is 2.19. The molecule has 0 aliphatic carbocycles. The van der Waals surface area contributed by atoms with Gasteiger partial charge in [-0.15, -0.1) is 0 Å². The lowest BCUT2D eigenvalue weighted by molar-refractivity contribution is -0.0117. The Hall–Kier alpha value is -1.66. The third-order valence-corrected chi connectivity index (χ3v) is 3.14. The molecular weight excluding hydrogens is 258 g/mol. The minimum Gasteiger partial charge on any atom is -0.462 e. The fourth-order valence-corrected chi connectivity index (χ4v) is 2.12. The van der Waals surface area contributed by atoms with Crippen molar-refractivity contribution in [2.75, 3.05) is 45.2 Å². The molecule has 1 aromatic heterocycles. The smallest absolute Gasteiger partial charge is 0.341 e. The van der Waals surface area contributed by atoms with E-state index in [1.165, 1.54) is 0 Å². The number of aromatic nitrogens is 1. The third-order valence-electron chi connectivity index (χ3n) is 3.14. The highest BCUT2D eigenvalue weighted by Crippen LogP contribution is 2.14. The minimum atomic E-state index is -0.357. The van der Waals surface area contributed by atoms with Crippen molar-refractivity contribution < 1.29 is 14.3 Å². The van der Waals surface area contributed by atoms with E-state index in [4.69, 9.17) is 9.47 Å². The molecule has 0 saturated carbocycles. The Balaban J connectivity index is 1.96. The van der Waals surface area contributed by atoms with Crippen LogP contribution in [0.4, 0.5) is 5.82 Å². The molecule has 2 rings (SSSR count). The van der Waals surface area contributed by atoms with Crippen molar-refractivity contribution in [3.63, 3.8) is 0 Å². The molecule has 1 atom stereocenters. The number of carbonyl (C=O) groups is 1. The summed E-state index contributed by atoms with van der Waals surface area (Å²) in [6.07, 6.45) is 1.75. The van der Waals surface area contributed by atoms with Gasteiger partial charge in [0.05, 0.1) is 19.3 Å². The Morgan fingerprint density at radius 1 is 1.65 bits per heavy atom. The molecule has 1 saturated heterocycles. The van der Waals surface area contributed by atoms with Gasteiger partial charge in [-0.05, 0) is 26.1 Å². The molecule has 1 N–H and O–H groups in total. The summed E-state index contributed by atoms with van der Waals surface area (Å²) in [5, 5.41) is 3.18. The lowest BCUT2D eigenvalue weighted by atomic mass is 10.2. The fourth-order valence-electron chi connectivity index (χ4n) is 2.12. The predicted octanol–water partition coefficient (Wildman–Crippen LogP) is 1.00. The summed E-state index contributed by atoms with van der Waals surface area (Å²) >= 11 is 0. The molecular formula is C14H21N3O3. The molecule has 0 aromatic carbocycles. The zero-order valence-corrected chi connectivity index (χ0v) is 12.0. The summed E-state index contributed by atoms with van der Waals surface area (Å²) in [6.45, 7) is 5.31. The van der Waals surface area contributed by atoms with Crippen LogP contribution in [0.3, 0.4) is 0 Å². The SMILES string of the molecule is CCOC(=O)c1cccnc1NCC1CN(C)CCO1. The first kappa shape index (κ1) is 14.7. The number of carbonyl (C=O) groups excluding carboxylic acids is 1. The molecule has 0 radical (unpaired) electrons. The predicted molar refractivity (Wildman–Crippen MR) is 75.9 cm³/mol. The van der Waals surface area contributed by atoms with Crippen molar-refractivity contribution in [1.29, 1.82) is 0 Å². The molecule has 2 heterocycles. The third kappa shape index (κ3) is 3.91. The summed E-state index contributed by atoms with van der Waals surface area (Å²) in [4.78, 5) is 18.3. The quantitative estimate of drug-likeness (QED) is 0.811. The monoisotopic (exact) mass is 279 g/mol. The van der Waals surface area contributed by atoms with Gasteiger partial charge in [0, 0.05) is 25.8 Å². The summed E-state index contributed by atoms with van der Waals surface area (Å²) in [7, 11) is 2.07. The normalized spacial score (nSPS) is 19.6. The van der Waals surface area contributed by atoms with Gasteiger partial charge in [0.2, 0.25) is 0 Å². The van der Waals surface area contributed by atoms with E-state index in [9.17, 15) is 4.79 Å². The van der Waals surface area contributed by atoms with Gasteiger partial charge in [0.25, 0.3) is 0 Å². The first-order valence-corrected chi connectivity index (χ1v) is 6.87. The molecule has 20 heavy (non-hydrogen) atoms. The molecule has 0 spiro atoms. The number of likely N-dealkylation sites (N-methyl/N-ethyl adjacent to an activating group) is 1. The average Bonchev–Trinajstić information content (AvgIpc) is 2.46.